The molecule has 0 saturated heterocycles. The number of ketones is 1. The number of fused-ring (bicyclic) bond motifs is 1. The number of rotatable bonds is 2. The standard InChI is InChI=1S/C16H10ClNO/c17-15-6-5-14(12-3-1-2-4-13(12)15)16(19)11-7-9-18-10-8-11/h1-10H. The van der Waals surface area contributed by atoms with Gasteiger partial charge in [0.1, 0.15) is 0 Å². The molecule has 3 heteroatoms. The van der Waals surface area contributed by atoms with Gasteiger partial charge >= 0.3 is 0 Å². The lowest BCUT2D eigenvalue weighted by molar-refractivity contribution is 0.104. The number of pyridine rings is 1. The summed E-state index contributed by atoms with van der Waals surface area (Å²) in [6, 6.07) is 14.6. The van der Waals surface area contributed by atoms with Gasteiger partial charge < -0.3 is 0 Å². The maximum Gasteiger partial charge on any atom is 0.193 e. The number of hydrogen-bond acceptors (Lipinski definition) is 2. The Hall–Kier alpha value is -2.19. The van der Waals surface area contributed by atoms with Crippen LogP contribution in [0.15, 0.2) is 60.9 Å². The Balaban J connectivity index is 2.22. The highest BCUT2D eigenvalue weighted by Gasteiger charge is 2.13. The largest absolute Gasteiger partial charge is 0.289 e. The van der Waals surface area contributed by atoms with Crippen molar-refractivity contribution in [2.45, 2.75) is 0 Å². The molecule has 0 N–H and O–H groups in total. The molecule has 0 aliphatic rings. The molecule has 0 bridgehead atoms. The first-order chi connectivity index (χ1) is 9.27. The summed E-state index contributed by atoms with van der Waals surface area (Å²) in [7, 11) is 0. The maximum absolute atomic E-state index is 12.5. The zero-order valence-electron chi connectivity index (χ0n) is 10.0. The van der Waals surface area contributed by atoms with Gasteiger partial charge in [0, 0.05) is 33.9 Å². The van der Waals surface area contributed by atoms with Crippen LogP contribution in [0.2, 0.25) is 5.02 Å². The second kappa shape index (κ2) is 4.82. The van der Waals surface area contributed by atoms with Crippen molar-refractivity contribution >= 4 is 28.2 Å². The molecule has 0 atom stereocenters. The minimum absolute atomic E-state index is 0.0183. The van der Waals surface area contributed by atoms with Crippen LogP contribution in [0.25, 0.3) is 10.8 Å². The molecule has 0 aliphatic heterocycles. The first-order valence-electron chi connectivity index (χ1n) is 5.89. The third kappa shape index (κ3) is 2.11. The minimum Gasteiger partial charge on any atom is -0.289 e. The Morgan fingerprint density at radius 3 is 2.32 bits per heavy atom. The second-order valence-electron chi connectivity index (χ2n) is 4.21. The van der Waals surface area contributed by atoms with Crippen molar-refractivity contribution in [2.24, 2.45) is 0 Å². The normalized spacial score (nSPS) is 10.6. The molecule has 0 amide bonds. The molecule has 2 nitrogen and oxygen atoms in total. The molecule has 0 radical (unpaired) electrons. The van der Waals surface area contributed by atoms with Crippen molar-refractivity contribution in [1.29, 1.82) is 0 Å². The van der Waals surface area contributed by atoms with E-state index in [1.165, 1.54) is 0 Å². The van der Waals surface area contributed by atoms with Gasteiger partial charge in [-0.25, -0.2) is 0 Å². The minimum atomic E-state index is -0.0183. The molecule has 19 heavy (non-hydrogen) atoms. The van der Waals surface area contributed by atoms with Crippen molar-refractivity contribution in [2.75, 3.05) is 0 Å². The molecule has 92 valence electrons. The number of aromatic nitrogens is 1. The van der Waals surface area contributed by atoms with Gasteiger partial charge in [0.25, 0.3) is 0 Å². The second-order valence-corrected chi connectivity index (χ2v) is 4.61. The number of hydrogen-bond donors (Lipinski definition) is 0. The monoisotopic (exact) mass is 267 g/mol. The summed E-state index contributed by atoms with van der Waals surface area (Å²) in [4.78, 5) is 16.4. The average Bonchev–Trinajstić information content (AvgIpc) is 2.48. The smallest absolute Gasteiger partial charge is 0.193 e. The maximum atomic E-state index is 12.5. The molecule has 0 spiro atoms. The predicted molar refractivity (Wildman–Crippen MR) is 76.6 cm³/mol. The van der Waals surface area contributed by atoms with E-state index in [2.05, 4.69) is 4.98 Å². The molecule has 0 aliphatic carbocycles. The van der Waals surface area contributed by atoms with E-state index in [0.717, 1.165) is 10.8 Å². The molecule has 0 unspecified atom stereocenters. The highest BCUT2D eigenvalue weighted by atomic mass is 35.5. The van der Waals surface area contributed by atoms with Crippen molar-refractivity contribution < 1.29 is 4.79 Å². The molecule has 1 aromatic heterocycles. The fraction of sp³-hybridized carbons (Fsp3) is 0. The van der Waals surface area contributed by atoms with Crippen LogP contribution in [0.4, 0.5) is 0 Å². The molecular formula is C16H10ClNO. The Morgan fingerprint density at radius 2 is 1.58 bits per heavy atom. The molecule has 0 fully saturated rings. The van der Waals surface area contributed by atoms with Crippen molar-refractivity contribution in [3.8, 4) is 0 Å². The van der Waals surface area contributed by atoms with E-state index < -0.39 is 0 Å². The summed E-state index contributed by atoms with van der Waals surface area (Å²) >= 11 is 6.16. The number of carbonyl (C=O) groups excluding carboxylic acids is 1. The lowest BCUT2D eigenvalue weighted by Gasteiger charge is -2.07. The Kier molecular flexibility index (Phi) is 3.02. The fourth-order valence-corrected chi connectivity index (χ4v) is 2.35. The van der Waals surface area contributed by atoms with Gasteiger partial charge in [-0.3, -0.25) is 9.78 Å². The van der Waals surface area contributed by atoms with Gasteiger partial charge in [0.15, 0.2) is 5.78 Å². The van der Waals surface area contributed by atoms with E-state index in [-0.39, 0.29) is 5.78 Å². The number of halogens is 1. The van der Waals surface area contributed by atoms with E-state index in [4.69, 9.17) is 11.6 Å². The lowest BCUT2D eigenvalue weighted by atomic mass is 9.98. The summed E-state index contributed by atoms with van der Waals surface area (Å²) in [5.74, 6) is -0.0183. The van der Waals surface area contributed by atoms with Crippen LogP contribution in [0.3, 0.4) is 0 Å². The molecule has 0 saturated carbocycles. The molecule has 3 aromatic rings. The highest BCUT2D eigenvalue weighted by molar-refractivity contribution is 6.36. The van der Waals surface area contributed by atoms with E-state index in [1.54, 1.807) is 36.7 Å². The van der Waals surface area contributed by atoms with Gasteiger partial charge in [0.2, 0.25) is 0 Å². The van der Waals surface area contributed by atoms with E-state index in [0.29, 0.717) is 16.1 Å². The quantitative estimate of drug-likeness (QED) is 0.654. The van der Waals surface area contributed by atoms with Crippen LogP contribution < -0.4 is 0 Å². The van der Waals surface area contributed by atoms with Gasteiger partial charge in [-0.15, -0.1) is 0 Å². The Labute approximate surface area is 115 Å². The third-order valence-corrected chi connectivity index (χ3v) is 3.39. The number of carbonyl (C=O) groups is 1. The SMILES string of the molecule is O=C(c1ccncc1)c1ccc(Cl)c2ccccc12. The van der Waals surface area contributed by atoms with Gasteiger partial charge in [0.05, 0.1) is 0 Å². The average molecular weight is 268 g/mol. The van der Waals surface area contributed by atoms with Gasteiger partial charge in [-0.2, -0.15) is 0 Å². The summed E-state index contributed by atoms with van der Waals surface area (Å²) in [5.41, 5.74) is 1.29. The third-order valence-electron chi connectivity index (χ3n) is 3.06. The highest BCUT2D eigenvalue weighted by Crippen LogP contribution is 2.27. The Bertz CT molecular complexity index is 753. The summed E-state index contributed by atoms with van der Waals surface area (Å²) < 4.78 is 0. The van der Waals surface area contributed by atoms with Crippen molar-refractivity contribution in [1.82, 2.24) is 4.98 Å². The molecule has 2 aromatic carbocycles. The van der Waals surface area contributed by atoms with Crippen LogP contribution >= 0.6 is 11.6 Å². The predicted octanol–water partition coefficient (Wildman–Crippen LogP) is 4.12. The summed E-state index contributed by atoms with van der Waals surface area (Å²) in [6.07, 6.45) is 3.23. The summed E-state index contributed by atoms with van der Waals surface area (Å²) in [6.45, 7) is 0. The van der Waals surface area contributed by atoms with Crippen molar-refractivity contribution in [3.63, 3.8) is 0 Å². The number of nitrogens with zero attached hydrogens (tertiary/aromatic N) is 1. The molecular weight excluding hydrogens is 258 g/mol. The van der Waals surface area contributed by atoms with Crippen LogP contribution in [0.5, 0.6) is 0 Å². The van der Waals surface area contributed by atoms with Crippen LogP contribution in [-0.2, 0) is 0 Å². The number of benzene rings is 2. The van der Waals surface area contributed by atoms with Crippen molar-refractivity contribution in [3.05, 3.63) is 77.1 Å². The van der Waals surface area contributed by atoms with Gasteiger partial charge in [-0.05, 0) is 29.7 Å². The van der Waals surface area contributed by atoms with E-state index in [9.17, 15) is 4.79 Å². The van der Waals surface area contributed by atoms with Gasteiger partial charge in [-0.1, -0.05) is 35.9 Å². The van der Waals surface area contributed by atoms with E-state index >= 15 is 0 Å². The molecule has 3 rings (SSSR count). The topological polar surface area (TPSA) is 30.0 Å². The first-order valence-corrected chi connectivity index (χ1v) is 6.27. The lowest BCUT2D eigenvalue weighted by Crippen LogP contribution is -2.02. The van der Waals surface area contributed by atoms with Crippen LogP contribution in [-0.4, -0.2) is 10.8 Å². The van der Waals surface area contributed by atoms with Crippen LogP contribution in [0, 0.1) is 0 Å². The van der Waals surface area contributed by atoms with E-state index in [1.807, 2.05) is 24.3 Å². The van der Waals surface area contributed by atoms with Crippen LogP contribution in [0.1, 0.15) is 15.9 Å². The first kappa shape index (κ1) is 11.9. The molecule has 1 heterocycles. The summed E-state index contributed by atoms with van der Waals surface area (Å²) in [5, 5.41) is 2.42. The zero-order chi connectivity index (χ0) is 13.2. The Morgan fingerprint density at radius 1 is 0.895 bits per heavy atom. The fourth-order valence-electron chi connectivity index (χ4n) is 2.12. The zero-order valence-corrected chi connectivity index (χ0v) is 10.8.